The van der Waals surface area contributed by atoms with Crippen molar-refractivity contribution in [2.24, 2.45) is 12.8 Å². The number of carbonyl (C=O) groups excluding carboxylic acids is 1. The van der Waals surface area contributed by atoms with Crippen LogP contribution in [-0.2, 0) is 18.3 Å². The maximum absolute atomic E-state index is 11.5. The van der Waals surface area contributed by atoms with Crippen molar-refractivity contribution in [3.63, 3.8) is 0 Å². The van der Waals surface area contributed by atoms with Crippen LogP contribution in [0.15, 0.2) is 6.20 Å². The number of carbonyl (C=O) groups is 1. The summed E-state index contributed by atoms with van der Waals surface area (Å²) in [5.41, 5.74) is 6.24. The van der Waals surface area contributed by atoms with Crippen LogP contribution in [0.4, 0.5) is 0 Å². The molecule has 0 aliphatic carbocycles. The highest BCUT2D eigenvalue weighted by molar-refractivity contribution is 5.80. The van der Waals surface area contributed by atoms with Crippen LogP contribution in [0.3, 0.4) is 0 Å². The summed E-state index contributed by atoms with van der Waals surface area (Å²) in [4.78, 5) is 11.5. The second-order valence-corrected chi connectivity index (χ2v) is 4.59. The fourth-order valence-electron chi connectivity index (χ4n) is 1.23. The van der Waals surface area contributed by atoms with Crippen LogP contribution in [-0.4, -0.2) is 26.3 Å². The summed E-state index contributed by atoms with van der Waals surface area (Å²) >= 11 is 0. The summed E-state index contributed by atoms with van der Waals surface area (Å²) in [5.74, 6) is 0.161. The topological polar surface area (TPSA) is 73.8 Å². The van der Waals surface area contributed by atoms with E-state index in [0.29, 0.717) is 19.3 Å². The van der Waals surface area contributed by atoms with Gasteiger partial charge >= 0.3 is 0 Å². The number of nitrogens with zero attached hydrogens (tertiary/aromatic N) is 3. The van der Waals surface area contributed by atoms with Gasteiger partial charge in [0.05, 0.1) is 12.1 Å². The third-order valence-electron chi connectivity index (χ3n) is 2.08. The van der Waals surface area contributed by atoms with Crippen molar-refractivity contribution in [3.8, 4) is 0 Å². The first-order valence-electron chi connectivity index (χ1n) is 5.02. The lowest BCUT2D eigenvalue weighted by Crippen LogP contribution is -2.32. The molecule has 2 N–H and O–H groups in total. The minimum Gasteiger partial charge on any atom is -0.326 e. The normalized spacial score (nSPS) is 11.7. The van der Waals surface area contributed by atoms with Gasteiger partial charge in [-0.25, -0.2) is 0 Å². The minimum absolute atomic E-state index is 0.161. The van der Waals surface area contributed by atoms with E-state index in [4.69, 9.17) is 5.73 Å². The first kappa shape index (κ1) is 11.8. The molecule has 0 unspecified atom stereocenters. The largest absolute Gasteiger partial charge is 0.326 e. The number of Topliss-reactive ketones (excluding diaryl/α,β-unsaturated/α-hetero) is 1. The predicted molar refractivity (Wildman–Crippen MR) is 57.2 cm³/mol. The van der Waals surface area contributed by atoms with Gasteiger partial charge in [-0.2, -0.15) is 0 Å². The Balaban J connectivity index is 2.37. The van der Waals surface area contributed by atoms with Crippen molar-refractivity contribution in [2.75, 3.05) is 0 Å². The Bertz CT molecular complexity index is 337. The Morgan fingerprint density at radius 1 is 1.60 bits per heavy atom. The maximum Gasteiger partial charge on any atom is 0.139 e. The molecule has 0 aliphatic rings. The van der Waals surface area contributed by atoms with Crippen LogP contribution >= 0.6 is 0 Å². The van der Waals surface area contributed by atoms with Crippen molar-refractivity contribution in [3.05, 3.63) is 11.9 Å². The molecule has 1 aromatic heterocycles. The summed E-state index contributed by atoms with van der Waals surface area (Å²) < 4.78 is 1.59. The first-order valence-corrected chi connectivity index (χ1v) is 5.02. The van der Waals surface area contributed by atoms with Gasteiger partial charge in [0.1, 0.15) is 5.78 Å². The van der Waals surface area contributed by atoms with Crippen LogP contribution in [0, 0.1) is 0 Å². The highest BCUT2D eigenvalue weighted by Crippen LogP contribution is 2.08. The Morgan fingerprint density at radius 2 is 2.27 bits per heavy atom. The predicted octanol–water partition coefficient (Wildman–Crippen LogP) is 0.444. The van der Waals surface area contributed by atoms with Gasteiger partial charge in [0.15, 0.2) is 0 Å². The van der Waals surface area contributed by atoms with E-state index in [2.05, 4.69) is 10.3 Å². The van der Waals surface area contributed by atoms with Gasteiger partial charge in [0.2, 0.25) is 0 Å². The van der Waals surface area contributed by atoms with Crippen molar-refractivity contribution < 1.29 is 4.79 Å². The average molecular weight is 210 g/mol. The first-order chi connectivity index (χ1) is 6.87. The molecule has 0 radical (unpaired) electrons. The number of aryl methyl sites for hydroxylation is 1. The van der Waals surface area contributed by atoms with Crippen LogP contribution in [0.1, 0.15) is 32.4 Å². The van der Waals surface area contributed by atoms with Crippen LogP contribution < -0.4 is 5.73 Å². The van der Waals surface area contributed by atoms with Gasteiger partial charge < -0.3 is 5.73 Å². The summed E-state index contributed by atoms with van der Waals surface area (Å²) in [7, 11) is 1.78. The van der Waals surface area contributed by atoms with E-state index in [-0.39, 0.29) is 11.3 Å². The zero-order valence-electron chi connectivity index (χ0n) is 9.53. The number of hydrogen-bond donors (Lipinski definition) is 1. The van der Waals surface area contributed by atoms with Crippen LogP contribution in [0.25, 0.3) is 0 Å². The molecule has 5 heteroatoms. The van der Waals surface area contributed by atoms with Crippen molar-refractivity contribution in [2.45, 2.75) is 38.6 Å². The summed E-state index contributed by atoms with van der Waals surface area (Å²) in [6.07, 6.45) is 3.31. The molecule has 0 fully saturated rings. The Morgan fingerprint density at radius 3 is 2.73 bits per heavy atom. The van der Waals surface area contributed by atoms with Gasteiger partial charge in [-0.15, -0.1) is 5.10 Å². The third-order valence-corrected chi connectivity index (χ3v) is 2.08. The molecule has 0 saturated carbocycles. The summed E-state index contributed by atoms with van der Waals surface area (Å²) in [6.45, 7) is 3.84. The average Bonchev–Trinajstić information content (AvgIpc) is 2.47. The van der Waals surface area contributed by atoms with Crippen molar-refractivity contribution >= 4 is 5.78 Å². The molecule has 0 bridgehead atoms. The van der Waals surface area contributed by atoms with Crippen LogP contribution in [0.2, 0.25) is 0 Å². The fourth-order valence-corrected chi connectivity index (χ4v) is 1.23. The van der Waals surface area contributed by atoms with Gasteiger partial charge in [-0.05, 0) is 20.3 Å². The van der Waals surface area contributed by atoms with Crippen molar-refractivity contribution in [1.29, 1.82) is 0 Å². The Hall–Kier alpha value is -1.23. The molecule has 1 heterocycles. The van der Waals surface area contributed by atoms with E-state index in [1.807, 2.05) is 13.8 Å². The second-order valence-electron chi connectivity index (χ2n) is 4.59. The highest BCUT2D eigenvalue weighted by atomic mass is 16.1. The molecule has 1 aromatic rings. The second kappa shape index (κ2) is 4.53. The molecular formula is C10H18N4O. The molecule has 1 rings (SSSR count). The third kappa shape index (κ3) is 4.69. The smallest absolute Gasteiger partial charge is 0.139 e. The zero-order valence-corrected chi connectivity index (χ0v) is 9.53. The molecule has 15 heavy (non-hydrogen) atoms. The molecule has 0 spiro atoms. The Labute approximate surface area is 89.6 Å². The molecule has 0 aromatic carbocycles. The van der Waals surface area contributed by atoms with Gasteiger partial charge in [0.25, 0.3) is 0 Å². The van der Waals surface area contributed by atoms with E-state index < -0.39 is 0 Å². The zero-order chi connectivity index (χ0) is 11.5. The lowest BCUT2D eigenvalue weighted by molar-refractivity contribution is -0.118. The maximum atomic E-state index is 11.5. The van der Waals surface area contributed by atoms with E-state index in [9.17, 15) is 4.79 Å². The number of rotatable bonds is 5. The molecule has 84 valence electrons. The highest BCUT2D eigenvalue weighted by Gasteiger charge is 2.14. The lowest BCUT2D eigenvalue weighted by atomic mass is 9.97. The molecule has 0 atom stereocenters. The minimum atomic E-state index is -0.280. The lowest BCUT2D eigenvalue weighted by Gasteiger charge is -2.16. The quantitative estimate of drug-likeness (QED) is 0.765. The van der Waals surface area contributed by atoms with E-state index >= 15 is 0 Å². The van der Waals surface area contributed by atoms with Gasteiger partial charge in [-0.1, -0.05) is 5.21 Å². The summed E-state index contributed by atoms with van der Waals surface area (Å²) in [6, 6.07) is 0. The van der Waals surface area contributed by atoms with E-state index in [1.54, 1.807) is 17.9 Å². The molecule has 0 saturated heterocycles. The number of ketones is 1. The standard InChI is InChI=1S/C10H18N4O/c1-10(2,11)5-4-9(15)6-8-7-14(3)13-12-8/h7H,4-6,11H2,1-3H3. The molecule has 0 amide bonds. The van der Waals surface area contributed by atoms with E-state index in [0.717, 1.165) is 5.69 Å². The number of nitrogens with two attached hydrogens (primary N) is 1. The van der Waals surface area contributed by atoms with Crippen LogP contribution in [0.5, 0.6) is 0 Å². The number of aromatic nitrogens is 3. The van der Waals surface area contributed by atoms with Gasteiger partial charge in [-0.3, -0.25) is 9.48 Å². The molecular weight excluding hydrogens is 192 g/mol. The Kier molecular flexibility index (Phi) is 3.57. The van der Waals surface area contributed by atoms with Crippen molar-refractivity contribution in [1.82, 2.24) is 15.0 Å². The molecule has 5 nitrogen and oxygen atoms in total. The number of hydrogen-bond acceptors (Lipinski definition) is 4. The molecule has 0 aliphatic heterocycles. The summed E-state index contributed by atoms with van der Waals surface area (Å²) in [5, 5.41) is 7.63. The monoisotopic (exact) mass is 210 g/mol. The SMILES string of the molecule is Cn1cc(CC(=O)CCC(C)(C)N)nn1. The van der Waals surface area contributed by atoms with Gasteiger partial charge in [0, 0.05) is 25.2 Å². The van der Waals surface area contributed by atoms with E-state index in [1.165, 1.54) is 0 Å². The fraction of sp³-hybridized carbons (Fsp3) is 0.700.